The molecule has 0 radical (unpaired) electrons. The number of nitrogens with zero attached hydrogens (tertiary/aromatic N) is 1. The first-order chi connectivity index (χ1) is 15.8. The normalized spacial score (nSPS) is 16.1. The van der Waals surface area contributed by atoms with Gasteiger partial charge in [0, 0.05) is 24.7 Å². The zero-order valence-corrected chi connectivity index (χ0v) is 18.8. The van der Waals surface area contributed by atoms with Gasteiger partial charge in [-0.2, -0.15) is 0 Å². The molecule has 0 unspecified atom stereocenters. The molecule has 0 aromatic heterocycles. The van der Waals surface area contributed by atoms with Crippen molar-refractivity contribution in [3.8, 4) is 0 Å². The first-order valence-corrected chi connectivity index (χ1v) is 11.2. The molecule has 3 rings (SSSR count). The highest BCUT2D eigenvalue weighted by Gasteiger charge is 2.35. The van der Waals surface area contributed by atoms with Crippen LogP contribution in [0.2, 0.25) is 0 Å². The van der Waals surface area contributed by atoms with E-state index in [2.05, 4.69) is 10.6 Å². The molecule has 1 saturated heterocycles. The van der Waals surface area contributed by atoms with Gasteiger partial charge in [-0.05, 0) is 68.5 Å². The molecule has 6 nitrogen and oxygen atoms in total. The quantitative estimate of drug-likeness (QED) is 0.668. The molecule has 0 bridgehead atoms. The maximum atomic E-state index is 14.1. The zero-order valence-electron chi connectivity index (χ0n) is 18.8. The van der Waals surface area contributed by atoms with E-state index in [0.717, 1.165) is 6.42 Å². The van der Waals surface area contributed by atoms with Crippen LogP contribution in [-0.2, 0) is 4.79 Å². The maximum Gasteiger partial charge on any atom is 0.254 e. The summed E-state index contributed by atoms with van der Waals surface area (Å²) in [6.45, 7) is 4.60. The summed E-state index contributed by atoms with van der Waals surface area (Å²) in [6, 6.07) is 10.1. The molecular weight excluding hydrogens is 428 g/mol. The first-order valence-electron chi connectivity index (χ1n) is 11.2. The van der Waals surface area contributed by atoms with Gasteiger partial charge in [0.2, 0.25) is 5.91 Å². The summed E-state index contributed by atoms with van der Waals surface area (Å²) in [5, 5.41) is 5.62. The fourth-order valence-electron chi connectivity index (χ4n) is 3.91. The van der Waals surface area contributed by atoms with Gasteiger partial charge in [-0.1, -0.05) is 19.1 Å². The summed E-state index contributed by atoms with van der Waals surface area (Å²) < 4.78 is 27.3. The fourth-order valence-corrected chi connectivity index (χ4v) is 3.91. The monoisotopic (exact) mass is 457 g/mol. The van der Waals surface area contributed by atoms with Crippen molar-refractivity contribution in [2.24, 2.45) is 5.92 Å². The van der Waals surface area contributed by atoms with E-state index in [4.69, 9.17) is 0 Å². The van der Waals surface area contributed by atoms with Gasteiger partial charge in [-0.3, -0.25) is 14.4 Å². The van der Waals surface area contributed by atoms with Crippen LogP contribution in [0.25, 0.3) is 0 Å². The zero-order chi connectivity index (χ0) is 24.0. The van der Waals surface area contributed by atoms with Crippen molar-refractivity contribution >= 4 is 17.7 Å². The number of amides is 3. The van der Waals surface area contributed by atoms with Gasteiger partial charge < -0.3 is 15.5 Å². The Morgan fingerprint density at radius 1 is 1.00 bits per heavy atom. The Balaban J connectivity index is 1.71. The summed E-state index contributed by atoms with van der Waals surface area (Å²) in [4.78, 5) is 40.1. The minimum absolute atomic E-state index is 0.0782. The standard InChI is InChI=1S/C25H29F2N3O3/c1-3-16(2)28-24(32)22(29-23(31)20-6-4-5-7-21(20)27)17-12-14-30(15-13-17)25(33)18-8-10-19(26)11-9-18/h4-11,16-17,22H,3,12-15H2,1-2H3,(H,28,32)(H,29,31)/t16-,22-/m0/s1. The molecule has 33 heavy (non-hydrogen) atoms. The van der Waals surface area contributed by atoms with Crippen molar-refractivity contribution in [1.29, 1.82) is 0 Å². The molecule has 1 heterocycles. The van der Waals surface area contributed by atoms with Crippen LogP contribution in [0, 0.1) is 17.6 Å². The van der Waals surface area contributed by atoms with Crippen LogP contribution in [0.4, 0.5) is 8.78 Å². The number of likely N-dealkylation sites (tertiary alicyclic amines) is 1. The van der Waals surface area contributed by atoms with Gasteiger partial charge in [0.15, 0.2) is 0 Å². The van der Waals surface area contributed by atoms with Crippen LogP contribution in [-0.4, -0.2) is 47.8 Å². The molecule has 2 atom stereocenters. The fraction of sp³-hybridized carbons (Fsp3) is 0.400. The third-order valence-corrected chi connectivity index (χ3v) is 6.08. The van der Waals surface area contributed by atoms with E-state index in [-0.39, 0.29) is 29.3 Å². The molecule has 176 valence electrons. The van der Waals surface area contributed by atoms with Crippen molar-refractivity contribution in [3.63, 3.8) is 0 Å². The molecule has 0 spiro atoms. The largest absolute Gasteiger partial charge is 0.352 e. The second kappa shape index (κ2) is 11.0. The summed E-state index contributed by atoms with van der Waals surface area (Å²) >= 11 is 0. The topological polar surface area (TPSA) is 78.5 Å². The van der Waals surface area contributed by atoms with Crippen LogP contribution >= 0.6 is 0 Å². The number of hydrogen-bond donors (Lipinski definition) is 2. The Labute approximate surface area is 192 Å². The molecule has 1 aliphatic heterocycles. The van der Waals surface area contributed by atoms with Crippen LogP contribution < -0.4 is 10.6 Å². The second-order valence-corrected chi connectivity index (χ2v) is 8.39. The third kappa shape index (κ3) is 6.15. The molecule has 1 fully saturated rings. The number of nitrogens with one attached hydrogen (secondary N) is 2. The summed E-state index contributed by atoms with van der Waals surface area (Å²) in [7, 11) is 0. The molecule has 2 N–H and O–H groups in total. The predicted molar refractivity (Wildman–Crippen MR) is 121 cm³/mol. The number of carbonyl (C=O) groups excluding carboxylic acids is 3. The van der Waals surface area contributed by atoms with Crippen LogP contribution in [0.1, 0.15) is 53.8 Å². The van der Waals surface area contributed by atoms with Gasteiger partial charge >= 0.3 is 0 Å². The molecular formula is C25H29F2N3O3. The van der Waals surface area contributed by atoms with E-state index < -0.39 is 23.6 Å². The number of piperidine rings is 1. The Bertz CT molecular complexity index is 989. The molecule has 1 aliphatic rings. The molecule has 2 aromatic carbocycles. The number of benzene rings is 2. The lowest BCUT2D eigenvalue weighted by Crippen LogP contribution is -2.55. The maximum absolute atomic E-state index is 14.1. The average Bonchev–Trinajstić information content (AvgIpc) is 2.82. The van der Waals surface area contributed by atoms with Gasteiger partial charge in [-0.25, -0.2) is 8.78 Å². The predicted octanol–water partition coefficient (Wildman–Crippen LogP) is 3.53. The molecule has 3 amide bonds. The van der Waals surface area contributed by atoms with E-state index in [1.807, 2.05) is 13.8 Å². The third-order valence-electron chi connectivity index (χ3n) is 6.08. The average molecular weight is 458 g/mol. The van der Waals surface area contributed by atoms with Crippen LogP contribution in [0.15, 0.2) is 48.5 Å². The Kier molecular flexibility index (Phi) is 8.14. The molecule has 8 heteroatoms. The van der Waals surface area contributed by atoms with Gasteiger partial charge in [-0.15, -0.1) is 0 Å². The van der Waals surface area contributed by atoms with Crippen molar-refractivity contribution in [3.05, 3.63) is 71.3 Å². The summed E-state index contributed by atoms with van der Waals surface area (Å²) in [5.74, 6) is -2.46. The molecule has 0 aliphatic carbocycles. The summed E-state index contributed by atoms with van der Waals surface area (Å²) in [5.41, 5.74) is 0.275. The second-order valence-electron chi connectivity index (χ2n) is 8.39. The van der Waals surface area contributed by atoms with Gasteiger partial charge in [0.25, 0.3) is 11.8 Å². The molecule has 2 aromatic rings. The lowest BCUT2D eigenvalue weighted by Gasteiger charge is -2.36. The molecule has 0 saturated carbocycles. The van der Waals surface area contributed by atoms with E-state index >= 15 is 0 Å². The van der Waals surface area contributed by atoms with E-state index in [1.54, 1.807) is 11.0 Å². The van der Waals surface area contributed by atoms with Crippen LogP contribution in [0.3, 0.4) is 0 Å². The minimum Gasteiger partial charge on any atom is -0.352 e. The SMILES string of the molecule is CC[C@H](C)NC(=O)[C@@H](NC(=O)c1ccccc1F)C1CCN(C(=O)c2ccc(F)cc2)CC1. The summed E-state index contributed by atoms with van der Waals surface area (Å²) in [6.07, 6.45) is 1.70. The van der Waals surface area contributed by atoms with E-state index in [0.29, 0.717) is 31.5 Å². The number of halogens is 2. The first kappa shape index (κ1) is 24.4. The number of rotatable bonds is 7. The number of carbonyl (C=O) groups is 3. The Morgan fingerprint density at radius 2 is 1.64 bits per heavy atom. The lowest BCUT2D eigenvalue weighted by molar-refractivity contribution is -0.125. The van der Waals surface area contributed by atoms with Gasteiger partial charge in [0.05, 0.1) is 5.56 Å². The number of hydrogen-bond acceptors (Lipinski definition) is 3. The Morgan fingerprint density at radius 3 is 2.24 bits per heavy atom. The van der Waals surface area contributed by atoms with Crippen molar-refractivity contribution in [1.82, 2.24) is 15.5 Å². The Hall–Kier alpha value is -3.29. The van der Waals surface area contributed by atoms with Crippen molar-refractivity contribution in [2.45, 2.75) is 45.2 Å². The van der Waals surface area contributed by atoms with E-state index in [1.165, 1.54) is 42.5 Å². The highest BCUT2D eigenvalue weighted by molar-refractivity contribution is 5.98. The smallest absolute Gasteiger partial charge is 0.254 e. The van der Waals surface area contributed by atoms with E-state index in [9.17, 15) is 23.2 Å². The van der Waals surface area contributed by atoms with Crippen molar-refractivity contribution in [2.75, 3.05) is 13.1 Å². The van der Waals surface area contributed by atoms with Crippen molar-refractivity contribution < 1.29 is 23.2 Å². The highest BCUT2D eigenvalue weighted by atomic mass is 19.1. The lowest BCUT2D eigenvalue weighted by atomic mass is 9.88. The highest BCUT2D eigenvalue weighted by Crippen LogP contribution is 2.23. The minimum atomic E-state index is -0.853. The van der Waals surface area contributed by atoms with Gasteiger partial charge in [0.1, 0.15) is 17.7 Å². The van der Waals surface area contributed by atoms with Crippen LogP contribution in [0.5, 0.6) is 0 Å².